The van der Waals surface area contributed by atoms with Gasteiger partial charge in [0, 0.05) is 17.0 Å². The first-order chi connectivity index (χ1) is 9.19. The summed E-state index contributed by atoms with van der Waals surface area (Å²) in [5, 5.41) is 5.55. The van der Waals surface area contributed by atoms with Gasteiger partial charge >= 0.3 is 0 Å². The minimum atomic E-state index is 0.653. The van der Waals surface area contributed by atoms with Gasteiger partial charge in [-0.1, -0.05) is 26.2 Å². The van der Waals surface area contributed by atoms with Crippen molar-refractivity contribution >= 4 is 11.8 Å². The van der Waals surface area contributed by atoms with Gasteiger partial charge in [0.2, 0.25) is 0 Å². The molecule has 0 saturated heterocycles. The molecule has 0 aliphatic heterocycles. The second-order valence-electron chi connectivity index (χ2n) is 5.58. The normalized spacial score (nSPS) is 24.2. The Morgan fingerprint density at radius 1 is 1.21 bits per heavy atom. The van der Waals surface area contributed by atoms with Crippen molar-refractivity contribution in [1.29, 1.82) is 0 Å². The van der Waals surface area contributed by atoms with Crippen LogP contribution in [0.4, 0.5) is 0 Å². The van der Waals surface area contributed by atoms with E-state index in [4.69, 9.17) is 0 Å². The van der Waals surface area contributed by atoms with Crippen LogP contribution in [0.2, 0.25) is 0 Å². The van der Waals surface area contributed by atoms with Gasteiger partial charge < -0.3 is 5.32 Å². The van der Waals surface area contributed by atoms with E-state index in [-0.39, 0.29) is 0 Å². The third-order valence-corrected chi connectivity index (χ3v) is 5.08. The van der Waals surface area contributed by atoms with Crippen LogP contribution >= 0.6 is 11.8 Å². The van der Waals surface area contributed by atoms with E-state index in [0.717, 1.165) is 12.2 Å². The zero-order chi connectivity index (χ0) is 13.7. The maximum Gasteiger partial charge on any atom is 0.0968 e. The van der Waals surface area contributed by atoms with Crippen molar-refractivity contribution in [2.24, 2.45) is 0 Å². The number of hydrogen-bond acceptors (Lipinski definition) is 3. The molecule has 1 aliphatic rings. The lowest BCUT2D eigenvalue weighted by Crippen LogP contribution is -2.37. The molecule has 1 aliphatic carbocycles. The van der Waals surface area contributed by atoms with Crippen molar-refractivity contribution in [3.8, 4) is 0 Å². The number of aryl methyl sites for hydroxylation is 2. The molecule has 0 aromatic carbocycles. The molecule has 2 nitrogen and oxygen atoms in total. The van der Waals surface area contributed by atoms with Crippen LogP contribution in [0.25, 0.3) is 0 Å². The highest BCUT2D eigenvalue weighted by molar-refractivity contribution is 7.99. The molecule has 3 heteroatoms. The van der Waals surface area contributed by atoms with Crippen LogP contribution in [-0.4, -0.2) is 22.8 Å². The molecule has 1 heterocycles. The number of rotatable bonds is 4. The van der Waals surface area contributed by atoms with Gasteiger partial charge in [0.25, 0.3) is 0 Å². The van der Waals surface area contributed by atoms with E-state index in [2.05, 4.69) is 43.2 Å². The minimum absolute atomic E-state index is 0.653. The Kier molecular flexibility index (Phi) is 5.71. The van der Waals surface area contributed by atoms with E-state index in [1.54, 1.807) is 0 Å². The molecule has 2 unspecified atom stereocenters. The predicted molar refractivity (Wildman–Crippen MR) is 83.9 cm³/mol. The summed E-state index contributed by atoms with van der Waals surface area (Å²) in [5.41, 5.74) is 2.46. The zero-order valence-corrected chi connectivity index (χ0v) is 13.2. The molecule has 106 valence electrons. The molecule has 0 spiro atoms. The highest BCUT2D eigenvalue weighted by Gasteiger charge is 2.24. The van der Waals surface area contributed by atoms with Gasteiger partial charge in [-0.15, -0.1) is 11.8 Å². The maximum atomic E-state index is 4.69. The molecule has 1 N–H and O–H groups in total. The summed E-state index contributed by atoms with van der Waals surface area (Å²) in [7, 11) is 0. The van der Waals surface area contributed by atoms with E-state index < -0.39 is 0 Å². The summed E-state index contributed by atoms with van der Waals surface area (Å²) in [6.45, 7) is 7.53. The Morgan fingerprint density at radius 2 is 2.00 bits per heavy atom. The first kappa shape index (κ1) is 14.9. The van der Waals surface area contributed by atoms with Crippen LogP contribution in [0, 0.1) is 13.8 Å². The zero-order valence-electron chi connectivity index (χ0n) is 12.4. The molecule has 0 radical (unpaired) electrons. The molecule has 0 amide bonds. The fourth-order valence-electron chi connectivity index (χ4n) is 2.93. The lowest BCUT2D eigenvalue weighted by molar-refractivity contribution is 0.482. The molecule has 19 heavy (non-hydrogen) atoms. The number of aromatic nitrogens is 1. The number of thioether (sulfide) groups is 1. The summed E-state index contributed by atoms with van der Waals surface area (Å²) in [5.74, 6) is 0. The molecule has 1 fully saturated rings. The topological polar surface area (TPSA) is 24.9 Å². The predicted octanol–water partition coefficient (Wildman–Crippen LogP) is 4.10. The standard InChI is InChI=1S/C16H26N2S/c1-4-17-14-8-6-5-7-9-15(14)19-16-11-12(2)10-13(3)18-16/h10-11,14-15,17H,4-9H2,1-3H3. The van der Waals surface area contributed by atoms with Gasteiger partial charge in [0.1, 0.15) is 0 Å². The number of nitrogens with zero attached hydrogens (tertiary/aromatic N) is 1. The fourth-order valence-corrected chi connectivity index (χ4v) is 4.37. The smallest absolute Gasteiger partial charge is 0.0968 e. The summed E-state index contributed by atoms with van der Waals surface area (Å²) in [6.07, 6.45) is 6.76. The van der Waals surface area contributed by atoms with Crippen molar-refractivity contribution < 1.29 is 0 Å². The largest absolute Gasteiger partial charge is 0.313 e. The van der Waals surface area contributed by atoms with Crippen LogP contribution < -0.4 is 5.32 Å². The van der Waals surface area contributed by atoms with Crippen LogP contribution in [0.15, 0.2) is 17.2 Å². The second kappa shape index (κ2) is 7.30. The van der Waals surface area contributed by atoms with E-state index >= 15 is 0 Å². The molecule has 1 aromatic rings. The summed E-state index contributed by atoms with van der Waals surface area (Å²) in [4.78, 5) is 4.69. The third-order valence-electron chi connectivity index (χ3n) is 3.77. The van der Waals surface area contributed by atoms with Gasteiger partial charge in [-0.05, 0) is 50.9 Å². The van der Waals surface area contributed by atoms with E-state index in [1.165, 1.54) is 42.7 Å². The molecule has 1 aromatic heterocycles. The van der Waals surface area contributed by atoms with E-state index in [1.807, 2.05) is 11.8 Å². The lowest BCUT2D eigenvalue weighted by Gasteiger charge is -2.25. The van der Waals surface area contributed by atoms with Crippen LogP contribution in [0.1, 0.15) is 50.3 Å². The Bertz CT molecular complexity index is 385. The average Bonchev–Trinajstić information content (AvgIpc) is 2.55. The van der Waals surface area contributed by atoms with Gasteiger partial charge in [0.05, 0.1) is 5.03 Å². The van der Waals surface area contributed by atoms with Crippen molar-refractivity contribution in [3.05, 3.63) is 23.4 Å². The first-order valence-corrected chi connectivity index (χ1v) is 8.42. The SMILES string of the molecule is CCNC1CCCCCC1Sc1cc(C)cc(C)n1. The highest BCUT2D eigenvalue weighted by atomic mass is 32.2. The Morgan fingerprint density at radius 3 is 2.74 bits per heavy atom. The molecular formula is C16H26N2S. The van der Waals surface area contributed by atoms with E-state index in [0.29, 0.717) is 11.3 Å². The van der Waals surface area contributed by atoms with Crippen molar-refractivity contribution in [2.45, 2.75) is 69.2 Å². The number of hydrogen-bond donors (Lipinski definition) is 1. The van der Waals surface area contributed by atoms with Crippen molar-refractivity contribution in [3.63, 3.8) is 0 Å². The van der Waals surface area contributed by atoms with Gasteiger partial charge in [-0.25, -0.2) is 4.98 Å². The summed E-state index contributed by atoms with van der Waals surface area (Å²) in [6, 6.07) is 5.03. The molecule has 2 rings (SSSR count). The first-order valence-electron chi connectivity index (χ1n) is 7.54. The molecule has 2 atom stereocenters. The summed E-state index contributed by atoms with van der Waals surface area (Å²) >= 11 is 1.98. The fraction of sp³-hybridized carbons (Fsp3) is 0.688. The molecule has 0 bridgehead atoms. The third kappa shape index (κ3) is 4.50. The van der Waals surface area contributed by atoms with E-state index in [9.17, 15) is 0 Å². The Balaban J connectivity index is 2.08. The van der Waals surface area contributed by atoms with Crippen molar-refractivity contribution in [2.75, 3.05) is 6.54 Å². The number of pyridine rings is 1. The van der Waals surface area contributed by atoms with Crippen LogP contribution in [0.5, 0.6) is 0 Å². The monoisotopic (exact) mass is 278 g/mol. The van der Waals surface area contributed by atoms with Gasteiger partial charge in [-0.3, -0.25) is 0 Å². The number of nitrogens with one attached hydrogen (secondary N) is 1. The van der Waals surface area contributed by atoms with Gasteiger partial charge in [0.15, 0.2) is 0 Å². The second-order valence-corrected chi connectivity index (χ2v) is 6.84. The molecule has 1 saturated carbocycles. The Hall–Kier alpha value is -0.540. The summed E-state index contributed by atoms with van der Waals surface area (Å²) < 4.78 is 0. The lowest BCUT2D eigenvalue weighted by atomic mass is 10.1. The average molecular weight is 278 g/mol. The molecular weight excluding hydrogens is 252 g/mol. The van der Waals surface area contributed by atoms with Crippen molar-refractivity contribution in [1.82, 2.24) is 10.3 Å². The van der Waals surface area contributed by atoms with Crippen LogP contribution in [-0.2, 0) is 0 Å². The highest BCUT2D eigenvalue weighted by Crippen LogP contribution is 2.32. The minimum Gasteiger partial charge on any atom is -0.313 e. The maximum absolute atomic E-state index is 4.69. The van der Waals surface area contributed by atoms with Gasteiger partial charge in [-0.2, -0.15) is 0 Å². The quantitative estimate of drug-likeness (QED) is 0.839. The Labute approximate surface area is 121 Å². The van der Waals surface area contributed by atoms with Crippen LogP contribution in [0.3, 0.4) is 0 Å².